The van der Waals surface area contributed by atoms with Crippen molar-refractivity contribution in [2.45, 2.75) is 19.3 Å². The van der Waals surface area contributed by atoms with Crippen molar-refractivity contribution in [3.8, 4) is 11.1 Å². The molecule has 2 aromatic carbocycles. The van der Waals surface area contributed by atoms with Gasteiger partial charge in [-0.3, -0.25) is 9.59 Å². The summed E-state index contributed by atoms with van der Waals surface area (Å²) >= 11 is 0. The molecule has 138 valence electrons. The molecular formula is C23H22O4. The van der Waals surface area contributed by atoms with Crippen LogP contribution in [0.5, 0.6) is 0 Å². The predicted octanol–water partition coefficient (Wildman–Crippen LogP) is 3.46. The minimum Gasteiger partial charge on any atom is -0.392 e. The molecule has 1 aliphatic rings. The topological polar surface area (TPSA) is 74.6 Å². The van der Waals surface area contributed by atoms with Crippen molar-refractivity contribution >= 4 is 11.6 Å². The number of aliphatic hydroxyl groups excluding tert-OH is 2. The number of benzene rings is 2. The average Bonchev–Trinajstić information content (AvgIpc) is 2.92. The van der Waals surface area contributed by atoms with Crippen molar-refractivity contribution in [1.82, 2.24) is 0 Å². The van der Waals surface area contributed by atoms with E-state index >= 15 is 0 Å². The molecule has 0 unspecified atom stereocenters. The van der Waals surface area contributed by atoms with Gasteiger partial charge in [-0.2, -0.15) is 0 Å². The smallest absolute Gasteiger partial charge is 0.190 e. The Bertz CT molecular complexity index is 916. The Morgan fingerprint density at radius 2 is 1.19 bits per heavy atom. The number of carbonyl (C=O) groups is 2. The Labute approximate surface area is 158 Å². The van der Waals surface area contributed by atoms with Crippen LogP contribution in [0, 0.1) is 0 Å². The van der Waals surface area contributed by atoms with Gasteiger partial charge in [0.2, 0.25) is 0 Å². The predicted molar refractivity (Wildman–Crippen MR) is 105 cm³/mol. The zero-order valence-corrected chi connectivity index (χ0v) is 15.5. The van der Waals surface area contributed by atoms with E-state index in [1.165, 1.54) is 0 Å². The molecule has 2 N–H and O–H groups in total. The van der Waals surface area contributed by atoms with Gasteiger partial charge in [-0.05, 0) is 34.4 Å². The van der Waals surface area contributed by atoms with Crippen molar-refractivity contribution in [1.29, 1.82) is 0 Å². The molecule has 0 bridgehead atoms. The highest BCUT2D eigenvalue weighted by molar-refractivity contribution is 6.10. The standard InChI is InChI=1S/C23H22O4/c1-13(11-24)21(26)15-5-7-17-18-8-6-16(22(27)14(2)12-25)10-20(18)23(3,4)19(17)9-15/h5-10,24-25H,1-2,11-12H2,3-4H3. The summed E-state index contributed by atoms with van der Waals surface area (Å²) in [5.41, 5.74) is 4.87. The molecule has 4 nitrogen and oxygen atoms in total. The molecule has 0 heterocycles. The van der Waals surface area contributed by atoms with Crippen molar-refractivity contribution in [3.05, 3.63) is 83.0 Å². The molecule has 2 aromatic rings. The van der Waals surface area contributed by atoms with Crippen molar-refractivity contribution in [2.24, 2.45) is 0 Å². The van der Waals surface area contributed by atoms with E-state index in [4.69, 9.17) is 0 Å². The lowest BCUT2D eigenvalue weighted by Gasteiger charge is -2.22. The molecular weight excluding hydrogens is 340 g/mol. The summed E-state index contributed by atoms with van der Waals surface area (Å²) in [6.07, 6.45) is 0. The summed E-state index contributed by atoms with van der Waals surface area (Å²) in [6.45, 7) is 10.6. The van der Waals surface area contributed by atoms with E-state index in [9.17, 15) is 19.8 Å². The summed E-state index contributed by atoms with van der Waals surface area (Å²) < 4.78 is 0. The SMILES string of the molecule is C=C(CO)C(=O)c1ccc2c(c1)C(C)(C)c1cc(C(=O)C(=C)CO)ccc1-2. The minimum atomic E-state index is -0.404. The maximum atomic E-state index is 12.4. The fourth-order valence-corrected chi connectivity index (χ4v) is 3.57. The highest BCUT2D eigenvalue weighted by Crippen LogP contribution is 2.49. The van der Waals surface area contributed by atoms with Gasteiger partial charge in [0.1, 0.15) is 0 Å². The van der Waals surface area contributed by atoms with E-state index < -0.39 is 5.41 Å². The van der Waals surface area contributed by atoms with Crippen LogP contribution in [0.4, 0.5) is 0 Å². The molecule has 0 fully saturated rings. The second-order valence-electron chi connectivity index (χ2n) is 7.33. The van der Waals surface area contributed by atoms with Crippen LogP contribution in [0.3, 0.4) is 0 Å². The third kappa shape index (κ3) is 2.97. The third-order valence-corrected chi connectivity index (χ3v) is 5.22. The maximum absolute atomic E-state index is 12.4. The summed E-state index contributed by atoms with van der Waals surface area (Å²) in [4.78, 5) is 24.7. The molecule has 0 saturated heterocycles. The normalized spacial score (nSPS) is 13.6. The number of carbonyl (C=O) groups excluding carboxylic acids is 2. The van der Waals surface area contributed by atoms with E-state index in [-0.39, 0.29) is 35.9 Å². The Morgan fingerprint density at radius 3 is 1.52 bits per heavy atom. The first kappa shape index (κ1) is 19.0. The highest BCUT2D eigenvalue weighted by Gasteiger charge is 2.36. The van der Waals surface area contributed by atoms with Crippen LogP contribution in [0.2, 0.25) is 0 Å². The zero-order valence-electron chi connectivity index (χ0n) is 15.5. The molecule has 0 atom stereocenters. The van der Waals surface area contributed by atoms with E-state index in [2.05, 4.69) is 13.2 Å². The fraction of sp³-hybridized carbons (Fsp3) is 0.217. The summed E-state index contributed by atoms with van der Waals surface area (Å²) in [6, 6.07) is 10.9. The van der Waals surface area contributed by atoms with Gasteiger partial charge in [0.05, 0.1) is 13.2 Å². The monoisotopic (exact) mass is 362 g/mol. The number of rotatable bonds is 6. The molecule has 0 aliphatic heterocycles. The zero-order chi connectivity index (χ0) is 19.9. The van der Waals surface area contributed by atoms with Gasteiger partial charge in [0.25, 0.3) is 0 Å². The fourth-order valence-electron chi connectivity index (χ4n) is 3.57. The number of aliphatic hydroxyl groups is 2. The molecule has 27 heavy (non-hydrogen) atoms. The van der Waals surface area contributed by atoms with Gasteiger partial charge >= 0.3 is 0 Å². The van der Waals surface area contributed by atoms with E-state index in [1.54, 1.807) is 12.1 Å². The molecule has 0 saturated carbocycles. The maximum Gasteiger partial charge on any atom is 0.190 e. The number of hydrogen-bond acceptors (Lipinski definition) is 4. The van der Waals surface area contributed by atoms with Gasteiger partial charge < -0.3 is 10.2 Å². The first-order chi connectivity index (χ1) is 12.7. The van der Waals surface area contributed by atoms with Crippen LogP contribution in [0.1, 0.15) is 45.7 Å². The molecule has 4 heteroatoms. The molecule has 0 amide bonds. The lowest BCUT2D eigenvalue weighted by atomic mass is 9.81. The number of ketones is 2. The van der Waals surface area contributed by atoms with Gasteiger partial charge in [0.15, 0.2) is 11.6 Å². The molecule has 3 rings (SSSR count). The highest BCUT2D eigenvalue weighted by atomic mass is 16.3. The van der Waals surface area contributed by atoms with Crippen LogP contribution in [0.15, 0.2) is 60.7 Å². The van der Waals surface area contributed by atoms with Gasteiger partial charge in [-0.1, -0.05) is 51.3 Å². The second kappa shape index (κ2) is 6.72. The summed E-state index contributed by atoms with van der Waals surface area (Å²) in [5, 5.41) is 18.4. The number of hydrogen-bond donors (Lipinski definition) is 2. The first-order valence-electron chi connectivity index (χ1n) is 8.68. The van der Waals surface area contributed by atoms with Gasteiger partial charge in [-0.15, -0.1) is 0 Å². The van der Waals surface area contributed by atoms with Gasteiger partial charge in [0, 0.05) is 27.7 Å². The largest absolute Gasteiger partial charge is 0.392 e. The van der Waals surface area contributed by atoms with Crippen LogP contribution in [-0.4, -0.2) is 35.0 Å². The lowest BCUT2D eigenvalue weighted by Crippen LogP contribution is -2.17. The Kier molecular flexibility index (Phi) is 4.72. The van der Waals surface area contributed by atoms with Gasteiger partial charge in [-0.25, -0.2) is 0 Å². The van der Waals surface area contributed by atoms with E-state index in [0.29, 0.717) is 11.1 Å². The second-order valence-corrected chi connectivity index (χ2v) is 7.33. The third-order valence-electron chi connectivity index (χ3n) is 5.22. The Hall–Kier alpha value is -2.82. The quantitative estimate of drug-likeness (QED) is 0.610. The molecule has 0 radical (unpaired) electrons. The Balaban J connectivity index is 2.10. The van der Waals surface area contributed by atoms with Crippen LogP contribution in [-0.2, 0) is 5.41 Å². The number of fused-ring (bicyclic) bond motifs is 3. The van der Waals surface area contributed by atoms with Crippen molar-refractivity contribution in [3.63, 3.8) is 0 Å². The first-order valence-corrected chi connectivity index (χ1v) is 8.68. The summed E-state index contributed by atoms with van der Waals surface area (Å²) in [7, 11) is 0. The summed E-state index contributed by atoms with van der Waals surface area (Å²) in [5.74, 6) is -0.552. The minimum absolute atomic E-state index is 0.152. The van der Waals surface area contributed by atoms with Crippen LogP contribution < -0.4 is 0 Å². The Morgan fingerprint density at radius 1 is 0.815 bits per heavy atom. The van der Waals surface area contributed by atoms with Crippen LogP contribution >= 0.6 is 0 Å². The van der Waals surface area contributed by atoms with Crippen LogP contribution in [0.25, 0.3) is 11.1 Å². The van der Waals surface area contributed by atoms with E-state index in [1.807, 2.05) is 38.1 Å². The average molecular weight is 362 g/mol. The molecule has 1 aliphatic carbocycles. The van der Waals surface area contributed by atoms with E-state index in [0.717, 1.165) is 22.3 Å². The van der Waals surface area contributed by atoms with Crippen molar-refractivity contribution in [2.75, 3.05) is 13.2 Å². The molecule has 0 spiro atoms. The molecule has 0 aromatic heterocycles. The number of Topliss-reactive ketones (excluding diaryl/α,β-unsaturated/α-hetero) is 2. The van der Waals surface area contributed by atoms with Crippen molar-refractivity contribution < 1.29 is 19.8 Å². The lowest BCUT2D eigenvalue weighted by molar-refractivity contribution is 0.101.